The molecule has 0 unspecified atom stereocenters. The van der Waals surface area contributed by atoms with E-state index in [1.807, 2.05) is 0 Å². The minimum atomic E-state index is -3.53. The quantitative estimate of drug-likeness (QED) is 0.761. The van der Waals surface area contributed by atoms with Gasteiger partial charge < -0.3 is 15.3 Å². The first kappa shape index (κ1) is 15.7. The van der Waals surface area contributed by atoms with Gasteiger partial charge in [-0.25, -0.2) is 13.2 Å². The van der Waals surface area contributed by atoms with E-state index in [0.717, 1.165) is 13.1 Å². The normalized spacial score (nSPS) is 15.3. The van der Waals surface area contributed by atoms with Crippen molar-refractivity contribution in [3.05, 3.63) is 30.3 Å². The van der Waals surface area contributed by atoms with Gasteiger partial charge in [-0.05, 0) is 12.1 Å². The van der Waals surface area contributed by atoms with Gasteiger partial charge >= 0.3 is 6.09 Å². The third-order valence-electron chi connectivity index (χ3n) is 2.41. The highest BCUT2D eigenvalue weighted by Gasteiger charge is 2.13. The van der Waals surface area contributed by atoms with Crippen LogP contribution >= 0.6 is 10.7 Å². The number of amides is 1. The van der Waals surface area contributed by atoms with Gasteiger partial charge in [0.05, 0.1) is 4.90 Å². The van der Waals surface area contributed by atoms with E-state index in [1.165, 1.54) is 17.0 Å². The lowest BCUT2D eigenvalue weighted by molar-refractivity contribution is 0.139. The Morgan fingerprint density at radius 3 is 2.05 bits per heavy atom. The van der Waals surface area contributed by atoms with Crippen LogP contribution in [0.15, 0.2) is 35.2 Å². The molecule has 1 aromatic carbocycles. The summed E-state index contributed by atoms with van der Waals surface area (Å²) in [7, 11) is 1.50. The van der Waals surface area contributed by atoms with E-state index >= 15 is 0 Å². The van der Waals surface area contributed by atoms with E-state index in [9.17, 15) is 13.2 Å². The second-order valence-electron chi connectivity index (χ2n) is 3.77. The smallest absolute Gasteiger partial charge is 0.407 e. The maximum absolute atomic E-state index is 10.6. The molecule has 1 amide bonds. The number of carbonyl (C=O) groups is 1. The minimum absolute atomic E-state index is 0.136. The summed E-state index contributed by atoms with van der Waals surface area (Å²) >= 11 is 0. The number of benzene rings is 1. The number of rotatable bonds is 1. The zero-order valence-corrected chi connectivity index (χ0v) is 11.7. The molecule has 8 heteroatoms. The van der Waals surface area contributed by atoms with E-state index < -0.39 is 15.1 Å². The Balaban J connectivity index is 0.000000191. The third kappa shape index (κ3) is 5.91. The van der Waals surface area contributed by atoms with Crippen molar-refractivity contribution in [3.63, 3.8) is 0 Å². The number of hydrogen-bond acceptors (Lipinski definition) is 4. The Morgan fingerprint density at radius 2 is 1.74 bits per heavy atom. The average Bonchev–Trinajstić information content (AvgIpc) is 2.40. The van der Waals surface area contributed by atoms with Crippen molar-refractivity contribution in [1.82, 2.24) is 10.2 Å². The fourth-order valence-electron chi connectivity index (χ4n) is 1.44. The zero-order chi connectivity index (χ0) is 14.3. The van der Waals surface area contributed by atoms with Crippen LogP contribution in [0.3, 0.4) is 0 Å². The average molecular weight is 307 g/mol. The van der Waals surface area contributed by atoms with Crippen LogP contribution < -0.4 is 5.32 Å². The van der Waals surface area contributed by atoms with Crippen molar-refractivity contribution in [2.75, 3.05) is 26.2 Å². The largest absolute Gasteiger partial charge is 0.465 e. The number of nitrogens with one attached hydrogen (secondary N) is 1. The van der Waals surface area contributed by atoms with E-state index in [4.69, 9.17) is 15.8 Å². The molecular weight excluding hydrogens is 292 g/mol. The summed E-state index contributed by atoms with van der Waals surface area (Å²) in [5.41, 5.74) is 0. The highest BCUT2D eigenvalue weighted by Crippen LogP contribution is 2.12. The molecule has 0 atom stereocenters. The molecule has 0 radical (unpaired) electrons. The first-order chi connectivity index (χ1) is 8.91. The number of piperazine rings is 1. The van der Waals surface area contributed by atoms with Crippen LogP contribution in [0.25, 0.3) is 0 Å². The summed E-state index contributed by atoms with van der Waals surface area (Å²) < 4.78 is 21.2. The lowest BCUT2D eigenvalue weighted by Crippen LogP contribution is -2.45. The van der Waals surface area contributed by atoms with Gasteiger partial charge in [0.2, 0.25) is 0 Å². The minimum Gasteiger partial charge on any atom is -0.465 e. The standard InChI is InChI=1S/C6H5ClO2S.C5H10N2O2/c7-10(8,9)6-4-2-1-3-5-6;8-5(9)7-3-1-6-2-4-7/h1-5H;6H,1-4H2,(H,8,9). The lowest BCUT2D eigenvalue weighted by Gasteiger charge is -2.23. The molecular formula is C11H15ClN2O4S. The van der Waals surface area contributed by atoms with Gasteiger partial charge in [-0.15, -0.1) is 0 Å². The van der Waals surface area contributed by atoms with Crippen molar-refractivity contribution in [3.8, 4) is 0 Å². The second-order valence-corrected chi connectivity index (χ2v) is 6.34. The molecule has 1 saturated heterocycles. The Bertz CT molecular complexity index is 501. The summed E-state index contributed by atoms with van der Waals surface area (Å²) in [6.07, 6.45) is -0.809. The van der Waals surface area contributed by atoms with Crippen molar-refractivity contribution in [2.24, 2.45) is 0 Å². The van der Waals surface area contributed by atoms with Crippen LogP contribution in [0.5, 0.6) is 0 Å². The van der Waals surface area contributed by atoms with Crippen LogP contribution in [0, 0.1) is 0 Å². The Morgan fingerprint density at radius 1 is 1.21 bits per heavy atom. The highest BCUT2D eigenvalue weighted by atomic mass is 35.7. The van der Waals surface area contributed by atoms with E-state index in [0.29, 0.717) is 13.1 Å². The predicted octanol–water partition coefficient (Wildman–Crippen LogP) is 1.18. The summed E-state index contributed by atoms with van der Waals surface area (Å²) in [5, 5.41) is 11.5. The van der Waals surface area contributed by atoms with Crippen molar-refractivity contribution < 1.29 is 18.3 Å². The fraction of sp³-hybridized carbons (Fsp3) is 0.364. The summed E-state index contributed by atoms with van der Waals surface area (Å²) in [5.74, 6) is 0. The molecule has 2 N–H and O–H groups in total. The SMILES string of the molecule is O=C(O)N1CCNCC1.O=S(=O)(Cl)c1ccccc1. The van der Waals surface area contributed by atoms with Crippen LogP contribution in [-0.2, 0) is 9.05 Å². The molecule has 0 spiro atoms. The lowest BCUT2D eigenvalue weighted by atomic mass is 10.4. The summed E-state index contributed by atoms with van der Waals surface area (Å²) in [6, 6.07) is 7.86. The van der Waals surface area contributed by atoms with Gasteiger partial charge in [0.1, 0.15) is 0 Å². The molecule has 0 aliphatic carbocycles. The predicted molar refractivity (Wildman–Crippen MR) is 71.9 cm³/mol. The Hall–Kier alpha value is -1.31. The van der Waals surface area contributed by atoms with Gasteiger partial charge in [-0.1, -0.05) is 18.2 Å². The number of hydrogen-bond donors (Lipinski definition) is 2. The van der Waals surface area contributed by atoms with Crippen LogP contribution in [-0.4, -0.2) is 50.7 Å². The molecule has 1 aromatic rings. The van der Waals surface area contributed by atoms with Crippen LogP contribution in [0.1, 0.15) is 0 Å². The Kier molecular flexibility index (Phi) is 6.07. The molecule has 1 heterocycles. The highest BCUT2D eigenvalue weighted by molar-refractivity contribution is 8.13. The first-order valence-corrected chi connectivity index (χ1v) is 7.90. The molecule has 6 nitrogen and oxygen atoms in total. The van der Waals surface area contributed by atoms with Gasteiger partial charge in [0.25, 0.3) is 9.05 Å². The third-order valence-corrected chi connectivity index (χ3v) is 3.78. The molecule has 2 rings (SSSR count). The number of nitrogens with zero attached hydrogens (tertiary/aromatic N) is 1. The molecule has 0 saturated carbocycles. The van der Waals surface area contributed by atoms with Crippen molar-refractivity contribution >= 4 is 25.8 Å². The van der Waals surface area contributed by atoms with Crippen molar-refractivity contribution in [1.29, 1.82) is 0 Å². The topological polar surface area (TPSA) is 86.7 Å². The van der Waals surface area contributed by atoms with Crippen molar-refractivity contribution in [2.45, 2.75) is 4.90 Å². The van der Waals surface area contributed by atoms with Gasteiger partial charge in [0.15, 0.2) is 0 Å². The summed E-state index contributed by atoms with van der Waals surface area (Å²) in [4.78, 5) is 11.8. The molecule has 1 aliphatic rings. The Labute approximate surface area is 116 Å². The fourth-order valence-corrected chi connectivity index (χ4v) is 2.23. The zero-order valence-electron chi connectivity index (χ0n) is 10.1. The second kappa shape index (κ2) is 7.32. The van der Waals surface area contributed by atoms with Crippen LogP contribution in [0.4, 0.5) is 4.79 Å². The van der Waals surface area contributed by atoms with Crippen LogP contribution in [0.2, 0.25) is 0 Å². The van der Waals surface area contributed by atoms with Gasteiger partial charge in [-0.3, -0.25) is 0 Å². The molecule has 106 valence electrons. The summed E-state index contributed by atoms with van der Waals surface area (Å²) in [6.45, 7) is 2.81. The monoisotopic (exact) mass is 306 g/mol. The van der Waals surface area contributed by atoms with E-state index in [1.54, 1.807) is 18.2 Å². The number of carboxylic acid groups (broad SMARTS) is 1. The molecule has 19 heavy (non-hydrogen) atoms. The van der Waals surface area contributed by atoms with E-state index in [2.05, 4.69) is 5.32 Å². The molecule has 1 aliphatic heterocycles. The van der Waals surface area contributed by atoms with Gasteiger partial charge in [-0.2, -0.15) is 0 Å². The van der Waals surface area contributed by atoms with E-state index in [-0.39, 0.29) is 4.90 Å². The first-order valence-electron chi connectivity index (χ1n) is 5.59. The van der Waals surface area contributed by atoms with Gasteiger partial charge in [0, 0.05) is 36.9 Å². The molecule has 0 aromatic heterocycles. The molecule has 0 bridgehead atoms. The number of halogens is 1. The maximum Gasteiger partial charge on any atom is 0.407 e. The molecule has 1 fully saturated rings. The maximum atomic E-state index is 10.6.